The number of amides is 2. The summed E-state index contributed by atoms with van der Waals surface area (Å²) < 4.78 is 0. The van der Waals surface area contributed by atoms with Gasteiger partial charge in [0.25, 0.3) is 5.91 Å². The first-order valence-electron chi connectivity index (χ1n) is 10.7. The van der Waals surface area contributed by atoms with Crippen molar-refractivity contribution in [3.05, 3.63) is 35.4 Å². The maximum Gasteiger partial charge on any atom is 0.255 e. The van der Waals surface area contributed by atoms with E-state index in [1.165, 1.54) is 19.3 Å². The third-order valence-electron chi connectivity index (χ3n) is 6.37. The lowest BCUT2D eigenvalue weighted by Gasteiger charge is -2.36. The molecule has 1 aromatic rings. The number of aryl methyl sites for hydroxylation is 1. The minimum absolute atomic E-state index is 0.00561. The summed E-state index contributed by atoms with van der Waals surface area (Å²) in [5, 5.41) is 3.26. The molecule has 0 aromatic heterocycles. The van der Waals surface area contributed by atoms with Gasteiger partial charge in [0.05, 0.1) is 5.37 Å². The zero-order chi connectivity index (χ0) is 20.3. The van der Waals surface area contributed by atoms with Gasteiger partial charge in [-0.15, -0.1) is 11.8 Å². The lowest BCUT2D eigenvalue weighted by molar-refractivity contribution is -0.126. The molecule has 1 N–H and O–H groups in total. The highest BCUT2D eigenvalue weighted by atomic mass is 32.2. The van der Waals surface area contributed by atoms with Gasteiger partial charge in [-0.3, -0.25) is 9.59 Å². The van der Waals surface area contributed by atoms with Gasteiger partial charge in [0.15, 0.2) is 0 Å². The molecule has 3 unspecified atom stereocenters. The van der Waals surface area contributed by atoms with E-state index in [-0.39, 0.29) is 29.3 Å². The lowest BCUT2D eigenvalue weighted by atomic mass is 9.88. The number of thioether (sulfide) groups is 1. The Bertz CT molecular complexity index is 700. The molecule has 2 aliphatic rings. The second-order valence-corrected chi connectivity index (χ2v) is 9.86. The van der Waals surface area contributed by atoms with Crippen LogP contribution in [0.3, 0.4) is 0 Å². The first-order chi connectivity index (χ1) is 13.4. The van der Waals surface area contributed by atoms with E-state index in [2.05, 4.69) is 19.2 Å². The Labute approximate surface area is 173 Å². The number of nitrogens with one attached hydrogen (secondary N) is 1. The van der Waals surface area contributed by atoms with E-state index >= 15 is 0 Å². The van der Waals surface area contributed by atoms with Crippen LogP contribution in [0.15, 0.2) is 24.3 Å². The summed E-state index contributed by atoms with van der Waals surface area (Å²) in [6.45, 7) is 8.23. The molecule has 0 bridgehead atoms. The Morgan fingerprint density at radius 2 is 1.79 bits per heavy atom. The molecule has 3 rings (SSSR count). The minimum Gasteiger partial charge on any atom is -0.352 e. The second-order valence-electron chi connectivity index (χ2n) is 8.71. The summed E-state index contributed by atoms with van der Waals surface area (Å²) in [6.07, 6.45) is 6.07. The van der Waals surface area contributed by atoms with E-state index in [1.54, 1.807) is 11.8 Å². The number of nitrogens with zero attached hydrogens (tertiary/aromatic N) is 1. The zero-order valence-corrected chi connectivity index (χ0v) is 18.4. The molecular weight excluding hydrogens is 368 g/mol. The van der Waals surface area contributed by atoms with Gasteiger partial charge in [0.2, 0.25) is 5.91 Å². The monoisotopic (exact) mass is 402 g/mol. The third-order valence-corrected chi connectivity index (χ3v) is 7.83. The Morgan fingerprint density at radius 3 is 2.43 bits per heavy atom. The molecule has 1 aromatic carbocycles. The van der Waals surface area contributed by atoms with Crippen LogP contribution in [0, 0.1) is 18.8 Å². The van der Waals surface area contributed by atoms with E-state index in [0.717, 1.165) is 24.0 Å². The number of hydrogen-bond acceptors (Lipinski definition) is 3. The van der Waals surface area contributed by atoms with Crippen molar-refractivity contribution in [2.75, 3.05) is 5.75 Å². The van der Waals surface area contributed by atoms with Crippen molar-refractivity contribution >= 4 is 23.6 Å². The van der Waals surface area contributed by atoms with Crippen molar-refractivity contribution in [1.29, 1.82) is 0 Å². The average molecular weight is 403 g/mol. The molecule has 28 heavy (non-hydrogen) atoms. The predicted octanol–water partition coefficient (Wildman–Crippen LogP) is 4.62. The molecule has 2 fully saturated rings. The first-order valence-corrected chi connectivity index (χ1v) is 11.7. The van der Waals surface area contributed by atoms with Gasteiger partial charge < -0.3 is 10.2 Å². The summed E-state index contributed by atoms with van der Waals surface area (Å²) in [5.41, 5.74) is 1.70. The molecule has 1 saturated carbocycles. The topological polar surface area (TPSA) is 49.4 Å². The Kier molecular flexibility index (Phi) is 7.08. The smallest absolute Gasteiger partial charge is 0.255 e. The summed E-state index contributed by atoms with van der Waals surface area (Å²) in [7, 11) is 0. The highest BCUT2D eigenvalue weighted by molar-refractivity contribution is 8.00. The van der Waals surface area contributed by atoms with Gasteiger partial charge in [-0.25, -0.2) is 0 Å². The highest BCUT2D eigenvalue weighted by Gasteiger charge is 2.45. The van der Waals surface area contributed by atoms with Gasteiger partial charge in [0.1, 0.15) is 6.04 Å². The van der Waals surface area contributed by atoms with E-state index in [9.17, 15) is 9.59 Å². The maximum atomic E-state index is 13.6. The molecule has 1 heterocycles. The van der Waals surface area contributed by atoms with Gasteiger partial charge in [-0.05, 0) is 50.2 Å². The van der Waals surface area contributed by atoms with Crippen LogP contribution in [0.25, 0.3) is 0 Å². The fraction of sp³-hybridized carbons (Fsp3) is 0.652. The summed E-state index contributed by atoms with van der Waals surface area (Å²) in [6, 6.07) is 7.45. The van der Waals surface area contributed by atoms with Crippen LogP contribution < -0.4 is 5.32 Å². The number of carbonyl (C=O) groups is 2. The molecule has 3 atom stereocenters. The Balaban J connectivity index is 1.87. The standard InChI is InChI=1S/C23H34N2O2S/c1-15(2)17(4)24-21(26)20-14-28-23(18-11-6-5-7-12-18)25(20)22(27)19-13-9-8-10-16(19)3/h8-10,13,15,17-18,20,23H,5-7,11-12,14H2,1-4H3,(H,24,26). The molecule has 154 valence electrons. The summed E-state index contributed by atoms with van der Waals surface area (Å²) in [4.78, 5) is 28.6. The predicted molar refractivity (Wildman–Crippen MR) is 116 cm³/mol. The molecular formula is C23H34N2O2S. The van der Waals surface area contributed by atoms with Crippen LogP contribution in [-0.2, 0) is 4.79 Å². The molecule has 2 amide bonds. The zero-order valence-electron chi connectivity index (χ0n) is 17.6. The van der Waals surface area contributed by atoms with E-state index < -0.39 is 0 Å². The molecule has 4 nitrogen and oxygen atoms in total. The molecule has 0 spiro atoms. The van der Waals surface area contributed by atoms with Crippen LogP contribution in [0.1, 0.15) is 68.8 Å². The number of rotatable bonds is 5. The van der Waals surface area contributed by atoms with Crippen molar-refractivity contribution in [3.63, 3.8) is 0 Å². The lowest BCUT2D eigenvalue weighted by Crippen LogP contribution is -2.53. The van der Waals surface area contributed by atoms with Crippen LogP contribution in [0.5, 0.6) is 0 Å². The number of carbonyl (C=O) groups excluding carboxylic acids is 2. The molecule has 1 saturated heterocycles. The van der Waals surface area contributed by atoms with Gasteiger partial charge in [-0.2, -0.15) is 0 Å². The quantitative estimate of drug-likeness (QED) is 0.782. The number of benzene rings is 1. The Morgan fingerprint density at radius 1 is 1.11 bits per heavy atom. The molecule has 5 heteroatoms. The van der Waals surface area contributed by atoms with E-state index in [1.807, 2.05) is 43.0 Å². The average Bonchev–Trinajstić information content (AvgIpc) is 3.13. The van der Waals surface area contributed by atoms with Gasteiger partial charge in [-0.1, -0.05) is 51.3 Å². The van der Waals surface area contributed by atoms with Gasteiger partial charge >= 0.3 is 0 Å². The first kappa shape index (κ1) is 21.2. The van der Waals surface area contributed by atoms with Crippen LogP contribution in [0.2, 0.25) is 0 Å². The molecule has 0 radical (unpaired) electrons. The van der Waals surface area contributed by atoms with E-state index in [0.29, 0.717) is 17.6 Å². The van der Waals surface area contributed by atoms with Gasteiger partial charge in [0, 0.05) is 17.4 Å². The Hall–Kier alpha value is -1.49. The summed E-state index contributed by atoms with van der Waals surface area (Å²) >= 11 is 1.80. The van der Waals surface area contributed by atoms with Crippen molar-refractivity contribution in [3.8, 4) is 0 Å². The SMILES string of the molecule is Cc1ccccc1C(=O)N1C(C(=O)NC(C)C(C)C)CSC1C1CCCCC1. The van der Waals surface area contributed by atoms with Crippen molar-refractivity contribution < 1.29 is 9.59 Å². The van der Waals surface area contributed by atoms with Crippen molar-refractivity contribution in [1.82, 2.24) is 10.2 Å². The third kappa shape index (κ3) is 4.56. The van der Waals surface area contributed by atoms with Crippen LogP contribution in [-0.4, -0.2) is 39.9 Å². The number of hydrogen-bond donors (Lipinski definition) is 1. The molecule has 1 aliphatic heterocycles. The van der Waals surface area contributed by atoms with Crippen molar-refractivity contribution in [2.45, 2.75) is 77.3 Å². The summed E-state index contributed by atoms with van der Waals surface area (Å²) in [5.74, 6) is 1.56. The fourth-order valence-electron chi connectivity index (χ4n) is 4.21. The minimum atomic E-state index is -0.384. The molecule has 1 aliphatic carbocycles. The second kappa shape index (κ2) is 9.34. The van der Waals surface area contributed by atoms with Crippen LogP contribution in [0.4, 0.5) is 0 Å². The normalized spacial score (nSPS) is 24.4. The van der Waals surface area contributed by atoms with Crippen molar-refractivity contribution in [2.24, 2.45) is 11.8 Å². The fourth-order valence-corrected chi connectivity index (χ4v) is 5.85. The maximum absolute atomic E-state index is 13.6. The van der Waals surface area contributed by atoms with Crippen LogP contribution >= 0.6 is 11.8 Å². The highest BCUT2D eigenvalue weighted by Crippen LogP contribution is 2.41. The largest absolute Gasteiger partial charge is 0.352 e. The van der Waals surface area contributed by atoms with E-state index in [4.69, 9.17) is 0 Å².